The lowest BCUT2D eigenvalue weighted by Gasteiger charge is -2.34. The van der Waals surface area contributed by atoms with Crippen molar-refractivity contribution >= 4 is 17.5 Å². The largest absolute Gasteiger partial charge is 0.378 e. The first-order chi connectivity index (χ1) is 13.5. The van der Waals surface area contributed by atoms with Crippen molar-refractivity contribution in [2.75, 3.05) is 64.9 Å². The number of anilines is 1. The van der Waals surface area contributed by atoms with Crippen molar-refractivity contribution < 1.29 is 14.3 Å². The molecule has 2 aliphatic rings. The molecule has 28 heavy (non-hydrogen) atoms. The van der Waals surface area contributed by atoms with Gasteiger partial charge in [-0.1, -0.05) is 12.1 Å². The second-order valence-electron chi connectivity index (χ2n) is 7.83. The molecule has 0 aliphatic carbocycles. The van der Waals surface area contributed by atoms with E-state index in [9.17, 15) is 9.59 Å². The number of ether oxygens (including phenoxy) is 1. The summed E-state index contributed by atoms with van der Waals surface area (Å²) < 4.78 is 5.32. The Labute approximate surface area is 167 Å². The molecule has 1 aromatic carbocycles. The first-order valence-corrected chi connectivity index (χ1v) is 10.2. The number of nitrogens with one attached hydrogen (secondary N) is 2. The Morgan fingerprint density at radius 2 is 1.82 bits per heavy atom. The molecule has 0 radical (unpaired) electrons. The van der Waals surface area contributed by atoms with E-state index in [1.807, 2.05) is 19.0 Å². The summed E-state index contributed by atoms with van der Waals surface area (Å²) in [6, 6.07) is 8.37. The van der Waals surface area contributed by atoms with Gasteiger partial charge in [0.25, 0.3) is 0 Å². The number of nitrogens with zero attached hydrogens (tertiary/aromatic N) is 2. The molecular weight excluding hydrogens is 356 g/mol. The molecule has 154 valence electrons. The molecule has 0 bridgehead atoms. The van der Waals surface area contributed by atoms with E-state index >= 15 is 0 Å². The second-order valence-corrected chi connectivity index (χ2v) is 7.83. The van der Waals surface area contributed by atoms with Crippen LogP contribution >= 0.6 is 0 Å². The molecule has 2 N–H and O–H groups in total. The van der Waals surface area contributed by atoms with Crippen molar-refractivity contribution in [3.05, 3.63) is 29.8 Å². The van der Waals surface area contributed by atoms with Crippen molar-refractivity contribution in [2.45, 2.75) is 12.8 Å². The first kappa shape index (κ1) is 20.6. The number of benzene rings is 1. The topological polar surface area (TPSA) is 73.9 Å². The highest BCUT2D eigenvalue weighted by Crippen LogP contribution is 2.20. The van der Waals surface area contributed by atoms with Crippen LogP contribution in [0.2, 0.25) is 0 Å². The molecule has 2 fully saturated rings. The zero-order valence-electron chi connectivity index (χ0n) is 16.9. The highest BCUT2D eigenvalue weighted by atomic mass is 16.5. The maximum absolute atomic E-state index is 12.7. The number of morpholine rings is 1. The molecule has 2 heterocycles. The summed E-state index contributed by atoms with van der Waals surface area (Å²) in [6.45, 7) is 4.40. The van der Waals surface area contributed by atoms with E-state index in [-0.39, 0.29) is 23.7 Å². The van der Waals surface area contributed by atoms with Crippen LogP contribution in [-0.4, -0.2) is 76.7 Å². The Balaban J connectivity index is 1.44. The Bertz CT molecular complexity index is 656. The standard InChI is InChI=1S/C21H32N4O3/c1-24(2)19-5-3-16(4-6-19)7-8-23-20(26)17-13-18(15-22-14-17)21(27)25-9-11-28-12-10-25/h3-6,17-18,22H,7-15H2,1-2H3,(H,23,26)/t17-,18+/m1/s1. The van der Waals surface area contributed by atoms with Crippen molar-refractivity contribution in [3.63, 3.8) is 0 Å². The van der Waals surface area contributed by atoms with E-state index in [1.165, 1.54) is 5.56 Å². The average Bonchev–Trinajstić information content (AvgIpc) is 2.74. The van der Waals surface area contributed by atoms with Crippen molar-refractivity contribution in [3.8, 4) is 0 Å². The van der Waals surface area contributed by atoms with Gasteiger partial charge in [-0.2, -0.15) is 0 Å². The summed E-state index contributed by atoms with van der Waals surface area (Å²) >= 11 is 0. The van der Waals surface area contributed by atoms with Gasteiger partial charge in [0.15, 0.2) is 0 Å². The summed E-state index contributed by atoms with van der Waals surface area (Å²) in [5.74, 6) is -0.0905. The lowest BCUT2D eigenvalue weighted by atomic mass is 9.88. The average molecular weight is 389 g/mol. The van der Waals surface area contributed by atoms with Crippen LogP contribution in [0.5, 0.6) is 0 Å². The quantitative estimate of drug-likeness (QED) is 0.742. The van der Waals surface area contributed by atoms with Gasteiger partial charge in [-0.15, -0.1) is 0 Å². The fourth-order valence-electron chi connectivity index (χ4n) is 3.81. The normalized spacial score (nSPS) is 22.6. The van der Waals surface area contributed by atoms with E-state index < -0.39 is 0 Å². The van der Waals surface area contributed by atoms with Crippen LogP contribution < -0.4 is 15.5 Å². The fraction of sp³-hybridized carbons (Fsp3) is 0.619. The Morgan fingerprint density at radius 3 is 2.50 bits per heavy atom. The highest BCUT2D eigenvalue weighted by molar-refractivity contribution is 5.83. The number of hydrogen-bond acceptors (Lipinski definition) is 5. The van der Waals surface area contributed by atoms with Crippen molar-refractivity contribution in [1.82, 2.24) is 15.5 Å². The number of carbonyl (C=O) groups is 2. The van der Waals surface area contributed by atoms with Gasteiger partial charge in [-0.05, 0) is 30.5 Å². The van der Waals surface area contributed by atoms with Gasteiger partial charge in [0.2, 0.25) is 11.8 Å². The third kappa shape index (κ3) is 5.45. The summed E-state index contributed by atoms with van der Waals surface area (Å²) in [4.78, 5) is 29.2. The van der Waals surface area contributed by atoms with Crippen LogP contribution in [0.3, 0.4) is 0 Å². The van der Waals surface area contributed by atoms with E-state index in [4.69, 9.17) is 4.74 Å². The molecule has 1 aromatic rings. The molecule has 2 saturated heterocycles. The van der Waals surface area contributed by atoms with E-state index in [2.05, 4.69) is 39.8 Å². The van der Waals surface area contributed by atoms with Crippen LogP contribution in [0, 0.1) is 11.8 Å². The minimum absolute atomic E-state index is 0.0388. The summed E-state index contributed by atoms with van der Waals surface area (Å²) in [6.07, 6.45) is 1.42. The first-order valence-electron chi connectivity index (χ1n) is 10.2. The zero-order valence-corrected chi connectivity index (χ0v) is 16.9. The van der Waals surface area contributed by atoms with Gasteiger partial charge in [0.1, 0.15) is 0 Å². The minimum atomic E-state index is -0.153. The van der Waals surface area contributed by atoms with Gasteiger partial charge >= 0.3 is 0 Å². The maximum atomic E-state index is 12.7. The van der Waals surface area contributed by atoms with E-state index in [0.29, 0.717) is 52.4 Å². The number of rotatable bonds is 6. The van der Waals surface area contributed by atoms with Crippen LogP contribution in [0.15, 0.2) is 24.3 Å². The SMILES string of the molecule is CN(C)c1ccc(CCNC(=O)[C@H]2CNC[C@@H](C(=O)N3CCOCC3)C2)cc1. The predicted octanol–water partition coefficient (Wildman–Crippen LogP) is 0.496. The Morgan fingerprint density at radius 1 is 1.14 bits per heavy atom. The maximum Gasteiger partial charge on any atom is 0.227 e. The van der Waals surface area contributed by atoms with Crippen molar-refractivity contribution in [1.29, 1.82) is 0 Å². The molecule has 0 unspecified atom stereocenters. The Kier molecular flexibility index (Phi) is 7.28. The molecule has 7 nitrogen and oxygen atoms in total. The third-order valence-electron chi connectivity index (χ3n) is 5.56. The molecular formula is C21H32N4O3. The highest BCUT2D eigenvalue weighted by Gasteiger charge is 2.33. The number of carbonyl (C=O) groups excluding carboxylic acids is 2. The van der Waals surface area contributed by atoms with Gasteiger partial charge in [-0.25, -0.2) is 0 Å². The van der Waals surface area contributed by atoms with Crippen LogP contribution in [0.1, 0.15) is 12.0 Å². The van der Waals surface area contributed by atoms with Gasteiger partial charge in [-0.3, -0.25) is 9.59 Å². The van der Waals surface area contributed by atoms with Crippen LogP contribution in [0.25, 0.3) is 0 Å². The number of amides is 2. The molecule has 3 rings (SSSR count). The zero-order chi connectivity index (χ0) is 19.9. The minimum Gasteiger partial charge on any atom is -0.378 e. The Hall–Kier alpha value is -2.12. The van der Waals surface area contributed by atoms with E-state index in [0.717, 1.165) is 12.1 Å². The van der Waals surface area contributed by atoms with Crippen LogP contribution in [-0.2, 0) is 20.7 Å². The van der Waals surface area contributed by atoms with Crippen molar-refractivity contribution in [2.24, 2.45) is 11.8 Å². The molecule has 2 atom stereocenters. The summed E-state index contributed by atoms with van der Waals surface area (Å²) in [5, 5.41) is 6.31. The molecule has 2 aliphatic heterocycles. The molecule has 0 saturated carbocycles. The lowest BCUT2D eigenvalue weighted by molar-refractivity contribution is -0.141. The predicted molar refractivity (Wildman–Crippen MR) is 109 cm³/mol. The van der Waals surface area contributed by atoms with Gasteiger partial charge in [0.05, 0.1) is 25.0 Å². The summed E-state index contributed by atoms with van der Waals surface area (Å²) in [7, 11) is 4.04. The molecule has 7 heteroatoms. The smallest absolute Gasteiger partial charge is 0.227 e. The van der Waals surface area contributed by atoms with Gasteiger partial charge in [0, 0.05) is 52.5 Å². The molecule has 2 amide bonds. The van der Waals surface area contributed by atoms with Crippen LogP contribution in [0.4, 0.5) is 5.69 Å². The monoisotopic (exact) mass is 388 g/mol. The fourth-order valence-corrected chi connectivity index (χ4v) is 3.81. The number of piperidine rings is 1. The third-order valence-corrected chi connectivity index (χ3v) is 5.56. The molecule has 0 spiro atoms. The summed E-state index contributed by atoms with van der Waals surface area (Å²) in [5.41, 5.74) is 2.37. The second kappa shape index (κ2) is 9.89. The lowest BCUT2D eigenvalue weighted by Crippen LogP contribution is -2.51. The number of hydrogen-bond donors (Lipinski definition) is 2. The molecule has 0 aromatic heterocycles. The van der Waals surface area contributed by atoms with E-state index in [1.54, 1.807) is 0 Å². The van der Waals surface area contributed by atoms with Gasteiger partial charge < -0.3 is 25.2 Å².